The number of aldehydes is 1. The lowest BCUT2D eigenvalue weighted by molar-refractivity contribution is 0.0999. The highest BCUT2D eigenvalue weighted by atomic mass is 16.1. The number of hydrogen-bond acceptors (Lipinski definition) is 2. The van der Waals surface area contributed by atoms with E-state index in [0.29, 0.717) is 11.1 Å². The van der Waals surface area contributed by atoms with Crippen molar-refractivity contribution in [2.24, 2.45) is 5.73 Å². The Bertz CT molecular complexity index is 600. The van der Waals surface area contributed by atoms with Crippen LogP contribution >= 0.6 is 0 Å². The Hall–Kier alpha value is -2.42. The molecule has 3 heteroatoms. The fourth-order valence-electron chi connectivity index (χ4n) is 1.82. The number of amides is 1. The SMILES string of the molecule is Cc1ccc(-c2ccc(C=O)cc2)cc1C(N)=O. The van der Waals surface area contributed by atoms with E-state index in [1.807, 2.05) is 31.2 Å². The van der Waals surface area contributed by atoms with Gasteiger partial charge in [0.25, 0.3) is 0 Å². The minimum Gasteiger partial charge on any atom is -0.366 e. The maximum atomic E-state index is 11.3. The van der Waals surface area contributed by atoms with Gasteiger partial charge in [-0.2, -0.15) is 0 Å². The van der Waals surface area contributed by atoms with Gasteiger partial charge in [-0.15, -0.1) is 0 Å². The molecule has 3 nitrogen and oxygen atoms in total. The van der Waals surface area contributed by atoms with Crippen LogP contribution in [0.3, 0.4) is 0 Å². The summed E-state index contributed by atoms with van der Waals surface area (Å²) in [7, 11) is 0. The fraction of sp³-hybridized carbons (Fsp3) is 0.0667. The van der Waals surface area contributed by atoms with Crippen LogP contribution in [0.4, 0.5) is 0 Å². The quantitative estimate of drug-likeness (QED) is 0.837. The Morgan fingerprint density at radius 2 is 1.67 bits per heavy atom. The molecule has 0 saturated heterocycles. The molecule has 1 amide bonds. The van der Waals surface area contributed by atoms with E-state index in [9.17, 15) is 9.59 Å². The molecule has 0 aliphatic heterocycles. The third-order valence-corrected chi connectivity index (χ3v) is 2.88. The molecule has 0 radical (unpaired) electrons. The van der Waals surface area contributed by atoms with Gasteiger partial charge in [-0.25, -0.2) is 0 Å². The van der Waals surface area contributed by atoms with Gasteiger partial charge in [0.15, 0.2) is 0 Å². The van der Waals surface area contributed by atoms with Crippen molar-refractivity contribution in [1.82, 2.24) is 0 Å². The molecule has 90 valence electrons. The van der Waals surface area contributed by atoms with Crippen molar-refractivity contribution < 1.29 is 9.59 Å². The first kappa shape index (κ1) is 12.0. The van der Waals surface area contributed by atoms with Gasteiger partial charge in [0.2, 0.25) is 5.91 Å². The second-order valence-corrected chi connectivity index (χ2v) is 4.13. The maximum absolute atomic E-state index is 11.3. The average molecular weight is 239 g/mol. The smallest absolute Gasteiger partial charge is 0.248 e. The summed E-state index contributed by atoms with van der Waals surface area (Å²) < 4.78 is 0. The number of rotatable bonds is 3. The molecule has 0 bridgehead atoms. The molecule has 2 aromatic rings. The predicted octanol–water partition coefficient (Wildman–Crippen LogP) is 2.57. The monoisotopic (exact) mass is 239 g/mol. The Labute approximate surface area is 105 Å². The molecule has 0 fully saturated rings. The van der Waals surface area contributed by atoms with Crippen LogP contribution < -0.4 is 5.73 Å². The molecule has 0 unspecified atom stereocenters. The van der Waals surface area contributed by atoms with Crippen LogP contribution in [0.15, 0.2) is 42.5 Å². The van der Waals surface area contributed by atoms with Crippen LogP contribution in [-0.4, -0.2) is 12.2 Å². The minimum absolute atomic E-state index is 0.432. The van der Waals surface area contributed by atoms with E-state index in [0.717, 1.165) is 23.0 Å². The summed E-state index contributed by atoms with van der Waals surface area (Å²) in [4.78, 5) is 21.9. The number of carbonyl (C=O) groups is 2. The topological polar surface area (TPSA) is 60.2 Å². The molecule has 0 aromatic heterocycles. The van der Waals surface area contributed by atoms with Crippen molar-refractivity contribution >= 4 is 12.2 Å². The molecule has 0 aliphatic rings. The van der Waals surface area contributed by atoms with Gasteiger partial charge in [0.1, 0.15) is 6.29 Å². The largest absolute Gasteiger partial charge is 0.366 e. The molecule has 2 rings (SSSR count). The molecule has 18 heavy (non-hydrogen) atoms. The summed E-state index contributed by atoms with van der Waals surface area (Å²) in [5.74, 6) is -0.432. The Morgan fingerprint density at radius 3 is 2.22 bits per heavy atom. The van der Waals surface area contributed by atoms with E-state index in [4.69, 9.17) is 5.73 Å². The Balaban J connectivity index is 2.47. The first-order valence-corrected chi connectivity index (χ1v) is 5.58. The van der Waals surface area contributed by atoms with E-state index in [1.54, 1.807) is 18.2 Å². The molecular weight excluding hydrogens is 226 g/mol. The van der Waals surface area contributed by atoms with Crippen molar-refractivity contribution in [3.8, 4) is 11.1 Å². The summed E-state index contributed by atoms with van der Waals surface area (Å²) in [5, 5.41) is 0. The van der Waals surface area contributed by atoms with Gasteiger partial charge in [-0.3, -0.25) is 9.59 Å². The highest BCUT2D eigenvalue weighted by Crippen LogP contribution is 2.22. The van der Waals surface area contributed by atoms with Crippen molar-refractivity contribution in [2.75, 3.05) is 0 Å². The van der Waals surface area contributed by atoms with Crippen LogP contribution in [0, 0.1) is 6.92 Å². The number of primary amides is 1. The average Bonchev–Trinajstić information content (AvgIpc) is 2.39. The van der Waals surface area contributed by atoms with Crippen molar-refractivity contribution in [2.45, 2.75) is 6.92 Å². The van der Waals surface area contributed by atoms with Crippen molar-refractivity contribution in [3.05, 3.63) is 59.2 Å². The highest BCUT2D eigenvalue weighted by Gasteiger charge is 2.07. The summed E-state index contributed by atoms with van der Waals surface area (Å²) >= 11 is 0. The summed E-state index contributed by atoms with van der Waals surface area (Å²) in [6.07, 6.45) is 0.799. The molecule has 0 aliphatic carbocycles. The summed E-state index contributed by atoms with van der Waals surface area (Å²) in [6, 6.07) is 12.7. The van der Waals surface area contributed by atoms with E-state index in [-0.39, 0.29) is 0 Å². The lowest BCUT2D eigenvalue weighted by Crippen LogP contribution is -2.12. The van der Waals surface area contributed by atoms with Crippen molar-refractivity contribution in [3.63, 3.8) is 0 Å². The number of carbonyl (C=O) groups excluding carboxylic acids is 2. The second kappa shape index (κ2) is 4.84. The number of aryl methyl sites for hydroxylation is 1. The minimum atomic E-state index is -0.432. The zero-order valence-corrected chi connectivity index (χ0v) is 10.0. The van der Waals surface area contributed by atoms with Gasteiger partial charge in [-0.1, -0.05) is 36.4 Å². The van der Waals surface area contributed by atoms with Gasteiger partial charge in [0, 0.05) is 11.1 Å². The third-order valence-electron chi connectivity index (χ3n) is 2.88. The van der Waals surface area contributed by atoms with E-state index in [2.05, 4.69) is 0 Å². The van der Waals surface area contributed by atoms with Crippen LogP contribution in [-0.2, 0) is 0 Å². The second-order valence-electron chi connectivity index (χ2n) is 4.13. The van der Waals surface area contributed by atoms with Crippen LogP contribution in [0.25, 0.3) is 11.1 Å². The van der Waals surface area contributed by atoms with Crippen LogP contribution in [0.5, 0.6) is 0 Å². The van der Waals surface area contributed by atoms with Gasteiger partial charge in [-0.05, 0) is 29.7 Å². The number of benzene rings is 2. The maximum Gasteiger partial charge on any atom is 0.248 e. The lowest BCUT2D eigenvalue weighted by Gasteiger charge is -2.06. The number of hydrogen-bond donors (Lipinski definition) is 1. The fourth-order valence-corrected chi connectivity index (χ4v) is 1.82. The Kier molecular flexibility index (Phi) is 3.24. The predicted molar refractivity (Wildman–Crippen MR) is 70.5 cm³/mol. The molecule has 0 saturated carbocycles. The summed E-state index contributed by atoms with van der Waals surface area (Å²) in [5.41, 5.74) is 9.18. The lowest BCUT2D eigenvalue weighted by atomic mass is 9.99. The van der Waals surface area contributed by atoms with E-state index < -0.39 is 5.91 Å². The van der Waals surface area contributed by atoms with Crippen LogP contribution in [0.2, 0.25) is 0 Å². The van der Waals surface area contributed by atoms with E-state index >= 15 is 0 Å². The van der Waals surface area contributed by atoms with Gasteiger partial charge < -0.3 is 5.73 Å². The summed E-state index contributed by atoms with van der Waals surface area (Å²) in [6.45, 7) is 1.85. The van der Waals surface area contributed by atoms with E-state index in [1.165, 1.54) is 0 Å². The zero-order valence-electron chi connectivity index (χ0n) is 10.0. The normalized spacial score (nSPS) is 10.1. The molecule has 2 aromatic carbocycles. The molecular formula is C15H13NO2. The third kappa shape index (κ3) is 2.30. The van der Waals surface area contributed by atoms with Crippen LogP contribution in [0.1, 0.15) is 26.3 Å². The molecule has 0 atom stereocenters. The highest BCUT2D eigenvalue weighted by molar-refractivity contribution is 5.95. The molecule has 0 heterocycles. The first-order chi connectivity index (χ1) is 8.61. The van der Waals surface area contributed by atoms with Gasteiger partial charge in [0.05, 0.1) is 0 Å². The van der Waals surface area contributed by atoms with Crippen molar-refractivity contribution in [1.29, 1.82) is 0 Å². The molecule has 2 N–H and O–H groups in total. The Morgan fingerprint density at radius 1 is 1.06 bits per heavy atom. The first-order valence-electron chi connectivity index (χ1n) is 5.58. The molecule has 0 spiro atoms. The van der Waals surface area contributed by atoms with Gasteiger partial charge >= 0.3 is 0 Å². The standard InChI is InChI=1S/C15H13NO2/c1-10-2-5-13(8-14(10)15(16)18)12-6-3-11(9-17)4-7-12/h2-9H,1H3,(H2,16,18). The number of nitrogens with two attached hydrogens (primary N) is 1. The zero-order chi connectivity index (χ0) is 13.1.